The SMILES string of the molecule is CC1=[N+](C)CC(C)N1C.CCCCOP(=O)([O-])OCCCC. The van der Waals surface area contributed by atoms with Gasteiger partial charge in [-0.2, -0.15) is 0 Å². The van der Waals surface area contributed by atoms with Gasteiger partial charge in [-0.15, -0.1) is 0 Å². The first-order valence-corrected chi connectivity index (χ1v) is 9.58. The van der Waals surface area contributed by atoms with Gasteiger partial charge in [-0.3, -0.25) is 14.0 Å². The monoisotopic (exact) mass is 336 g/mol. The lowest BCUT2D eigenvalue weighted by molar-refractivity contribution is -0.490. The van der Waals surface area contributed by atoms with E-state index in [0.717, 1.165) is 25.7 Å². The van der Waals surface area contributed by atoms with Crippen molar-refractivity contribution in [3.63, 3.8) is 0 Å². The fourth-order valence-corrected chi connectivity index (χ4v) is 2.70. The summed E-state index contributed by atoms with van der Waals surface area (Å²) in [6.45, 7) is 9.96. The lowest BCUT2D eigenvalue weighted by Gasteiger charge is -2.22. The number of hydrogen-bond donors (Lipinski definition) is 0. The van der Waals surface area contributed by atoms with Crippen molar-refractivity contribution < 1.29 is 23.1 Å². The highest BCUT2D eigenvalue weighted by Crippen LogP contribution is 2.38. The molecule has 0 aliphatic carbocycles. The fraction of sp³-hybridized carbons (Fsp3) is 0.933. The number of phosphoric ester groups is 1. The summed E-state index contributed by atoms with van der Waals surface area (Å²) in [5.74, 6) is 1.38. The molecule has 1 aliphatic heterocycles. The van der Waals surface area contributed by atoms with Crippen molar-refractivity contribution >= 4 is 13.7 Å². The quantitative estimate of drug-likeness (QED) is 0.387. The number of phosphoric acid groups is 1. The topological polar surface area (TPSA) is 64.8 Å². The third-order valence-electron chi connectivity index (χ3n) is 3.76. The van der Waals surface area contributed by atoms with Crippen LogP contribution in [0.5, 0.6) is 0 Å². The van der Waals surface area contributed by atoms with Crippen LogP contribution in [-0.2, 0) is 13.6 Å². The molecule has 0 aromatic rings. The molecule has 0 fully saturated rings. The number of nitrogens with zero attached hydrogens (tertiary/aromatic N) is 2. The number of hydrogen-bond acceptors (Lipinski definition) is 5. The first-order valence-electron chi connectivity index (χ1n) is 8.12. The van der Waals surface area contributed by atoms with Crippen molar-refractivity contribution in [3.8, 4) is 0 Å². The van der Waals surface area contributed by atoms with E-state index in [2.05, 4.69) is 46.5 Å². The maximum absolute atomic E-state index is 11.0. The van der Waals surface area contributed by atoms with Crippen molar-refractivity contribution in [2.75, 3.05) is 33.9 Å². The van der Waals surface area contributed by atoms with Crippen LogP contribution >= 0.6 is 7.82 Å². The Hall–Kier alpha value is -0.420. The van der Waals surface area contributed by atoms with Crippen LogP contribution in [0, 0.1) is 0 Å². The van der Waals surface area contributed by atoms with E-state index < -0.39 is 7.82 Å². The van der Waals surface area contributed by atoms with Crippen LogP contribution in [0.15, 0.2) is 0 Å². The Labute approximate surface area is 135 Å². The molecule has 6 nitrogen and oxygen atoms in total. The molecule has 0 amide bonds. The molecule has 0 saturated heterocycles. The fourth-order valence-electron chi connectivity index (χ4n) is 1.92. The summed E-state index contributed by atoms with van der Waals surface area (Å²) in [5, 5.41) is 0. The molecule has 0 saturated carbocycles. The van der Waals surface area contributed by atoms with E-state index in [1.807, 2.05) is 13.8 Å². The zero-order valence-corrected chi connectivity index (χ0v) is 15.9. The van der Waals surface area contributed by atoms with Crippen LogP contribution in [0.2, 0.25) is 0 Å². The van der Waals surface area contributed by atoms with Gasteiger partial charge in [0.05, 0.1) is 27.3 Å². The van der Waals surface area contributed by atoms with E-state index in [0.29, 0.717) is 6.04 Å². The number of likely N-dealkylation sites (N-methyl/N-ethyl adjacent to an activating group) is 2. The highest BCUT2D eigenvalue weighted by molar-refractivity contribution is 7.45. The molecule has 0 spiro atoms. The van der Waals surface area contributed by atoms with Crippen LogP contribution in [0.25, 0.3) is 0 Å². The molecule has 0 aromatic carbocycles. The minimum Gasteiger partial charge on any atom is -0.756 e. The first-order chi connectivity index (χ1) is 10.2. The van der Waals surface area contributed by atoms with Gasteiger partial charge < -0.3 is 13.9 Å². The van der Waals surface area contributed by atoms with Crippen molar-refractivity contribution in [1.82, 2.24) is 4.90 Å². The minimum absolute atomic E-state index is 0.226. The lowest BCUT2D eigenvalue weighted by Crippen LogP contribution is -2.28. The Morgan fingerprint density at radius 2 is 1.73 bits per heavy atom. The zero-order valence-electron chi connectivity index (χ0n) is 15.0. The van der Waals surface area contributed by atoms with Crippen LogP contribution in [-0.4, -0.2) is 55.2 Å². The smallest absolute Gasteiger partial charge is 0.267 e. The molecule has 0 radical (unpaired) electrons. The number of rotatable bonds is 8. The van der Waals surface area contributed by atoms with Crippen molar-refractivity contribution in [1.29, 1.82) is 0 Å². The van der Waals surface area contributed by atoms with Gasteiger partial charge in [0, 0.05) is 6.92 Å². The Bertz CT molecular complexity index is 374. The summed E-state index contributed by atoms with van der Waals surface area (Å²) in [6, 6.07) is 0.690. The molecule has 1 unspecified atom stereocenters. The van der Waals surface area contributed by atoms with E-state index in [1.54, 1.807) is 0 Å². The van der Waals surface area contributed by atoms with Crippen molar-refractivity contribution in [3.05, 3.63) is 0 Å². The molecule has 1 aliphatic rings. The van der Waals surface area contributed by atoms with Crippen LogP contribution < -0.4 is 4.89 Å². The van der Waals surface area contributed by atoms with Gasteiger partial charge in [0.1, 0.15) is 12.6 Å². The second-order valence-corrected chi connectivity index (χ2v) is 7.12. The summed E-state index contributed by atoms with van der Waals surface area (Å²) in [6.07, 6.45) is 3.30. The van der Waals surface area contributed by atoms with Gasteiger partial charge >= 0.3 is 0 Å². The second-order valence-electron chi connectivity index (χ2n) is 5.71. The largest absolute Gasteiger partial charge is 0.756 e. The van der Waals surface area contributed by atoms with Gasteiger partial charge in [-0.05, 0) is 19.8 Å². The molecule has 132 valence electrons. The molecule has 1 heterocycles. The summed E-state index contributed by atoms with van der Waals surface area (Å²) in [7, 11) is 0.275. The standard InChI is InChI=1S/C8H19O4P.C7H15N2/c1-3-5-7-11-13(9,10)12-8-6-4-2;1-6-5-8(3)7(2)9(6)4/h3-8H2,1-2H3,(H,9,10);6H,5H2,1-4H3/q;+1/p-1. The van der Waals surface area contributed by atoms with Crippen molar-refractivity contribution in [2.45, 2.75) is 59.4 Å². The van der Waals surface area contributed by atoms with E-state index in [9.17, 15) is 9.46 Å². The number of amidine groups is 1. The third-order valence-corrected chi connectivity index (χ3v) is 4.75. The summed E-state index contributed by atoms with van der Waals surface area (Å²) >= 11 is 0. The van der Waals surface area contributed by atoms with E-state index in [1.165, 1.54) is 12.4 Å². The Kier molecular flexibility index (Phi) is 11.0. The summed E-state index contributed by atoms with van der Waals surface area (Å²) < 4.78 is 22.4. The van der Waals surface area contributed by atoms with E-state index in [4.69, 9.17) is 0 Å². The highest BCUT2D eigenvalue weighted by Gasteiger charge is 2.27. The van der Waals surface area contributed by atoms with Gasteiger partial charge in [0.2, 0.25) is 5.84 Å². The summed E-state index contributed by atoms with van der Waals surface area (Å²) in [4.78, 5) is 13.3. The second kappa shape index (κ2) is 11.2. The average molecular weight is 336 g/mol. The van der Waals surface area contributed by atoms with Crippen LogP contribution in [0.1, 0.15) is 53.4 Å². The molecule has 0 aromatic heterocycles. The van der Waals surface area contributed by atoms with E-state index >= 15 is 0 Å². The molecule has 1 rings (SSSR count). The predicted molar refractivity (Wildman–Crippen MR) is 88.3 cm³/mol. The first kappa shape index (κ1) is 21.6. The molecule has 22 heavy (non-hydrogen) atoms. The molecule has 0 N–H and O–H groups in total. The molecule has 1 atom stereocenters. The van der Waals surface area contributed by atoms with Gasteiger partial charge in [0.25, 0.3) is 7.82 Å². The summed E-state index contributed by atoms with van der Waals surface area (Å²) in [5.41, 5.74) is 0. The Morgan fingerprint density at radius 3 is 1.95 bits per heavy atom. The third kappa shape index (κ3) is 8.89. The van der Waals surface area contributed by atoms with Gasteiger partial charge in [0.15, 0.2) is 0 Å². The molecule has 7 heteroatoms. The van der Waals surface area contributed by atoms with Crippen LogP contribution in [0.4, 0.5) is 0 Å². The van der Waals surface area contributed by atoms with Crippen LogP contribution in [0.3, 0.4) is 0 Å². The lowest BCUT2D eigenvalue weighted by atomic mass is 10.3. The molecular formula is C15H33N2O4P. The van der Waals surface area contributed by atoms with Gasteiger partial charge in [-0.25, -0.2) is 0 Å². The molecular weight excluding hydrogens is 303 g/mol. The number of unbranched alkanes of at least 4 members (excludes halogenated alkanes) is 2. The van der Waals surface area contributed by atoms with Gasteiger partial charge in [-0.1, -0.05) is 26.7 Å². The highest BCUT2D eigenvalue weighted by atomic mass is 31.2. The van der Waals surface area contributed by atoms with Crippen molar-refractivity contribution in [2.24, 2.45) is 0 Å². The zero-order chi connectivity index (χ0) is 17.2. The minimum atomic E-state index is -4.00. The normalized spacial score (nSPS) is 18.5. The maximum Gasteiger partial charge on any atom is 0.267 e. The van der Waals surface area contributed by atoms with E-state index in [-0.39, 0.29) is 13.2 Å². The maximum atomic E-state index is 11.0. The predicted octanol–water partition coefficient (Wildman–Crippen LogP) is 2.47. The molecule has 0 bridgehead atoms. The Balaban J connectivity index is 0.000000425. The Morgan fingerprint density at radius 1 is 1.27 bits per heavy atom. The average Bonchev–Trinajstić information content (AvgIpc) is 2.66.